The summed E-state index contributed by atoms with van der Waals surface area (Å²) in [4.78, 5) is 0. The van der Waals surface area contributed by atoms with Gasteiger partial charge in [0.25, 0.3) is 0 Å². The molecule has 0 aliphatic carbocycles. The molecular formula is C2H4ClNO2. The van der Waals surface area contributed by atoms with E-state index >= 15 is 0 Å². The van der Waals surface area contributed by atoms with E-state index in [1.54, 1.807) is 0 Å². The predicted octanol–water partition coefficient (Wildman–Crippen LogP) is 0.617. The maximum atomic E-state index is 7.67. The molecule has 0 aliphatic rings. The number of hydrogen-bond acceptors (Lipinski definition) is 3. The van der Waals surface area contributed by atoms with Crippen LogP contribution in [0.25, 0.3) is 0 Å². The quantitative estimate of drug-likeness (QED) is 0.214. The van der Waals surface area contributed by atoms with E-state index in [9.17, 15) is 0 Å². The Morgan fingerprint density at radius 3 is 2.50 bits per heavy atom. The van der Waals surface area contributed by atoms with Crippen LogP contribution in [0, 0.1) is 0 Å². The van der Waals surface area contributed by atoms with Crippen LogP contribution in [0.3, 0.4) is 0 Å². The molecule has 0 aliphatic heterocycles. The molecule has 0 bridgehead atoms. The second-order valence-corrected chi connectivity index (χ2v) is 0.880. The molecule has 0 radical (unpaired) electrons. The van der Waals surface area contributed by atoms with Crippen molar-refractivity contribution in [1.82, 2.24) is 0 Å². The van der Waals surface area contributed by atoms with Crippen LogP contribution in [0.4, 0.5) is 0 Å². The number of methoxy groups -OCH3 is 1. The van der Waals surface area contributed by atoms with Crippen LogP contribution in [-0.4, -0.2) is 17.7 Å². The highest BCUT2D eigenvalue weighted by molar-refractivity contribution is 6.62. The lowest BCUT2D eigenvalue weighted by atomic mass is 11.4. The molecule has 0 unspecified atom stereocenters. The number of halogens is 1. The second-order valence-electron chi connectivity index (χ2n) is 0.557. The van der Waals surface area contributed by atoms with Crippen LogP contribution in [0.2, 0.25) is 0 Å². The van der Waals surface area contributed by atoms with Crippen molar-refractivity contribution in [3.8, 4) is 0 Å². The van der Waals surface area contributed by atoms with E-state index in [1.807, 2.05) is 0 Å². The summed E-state index contributed by atoms with van der Waals surface area (Å²) in [6.45, 7) is 0. The largest absolute Gasteiger partial charge is 0.470 e. The molecule has 0 spiro atoms. The van der Waals surface area contributed by atoms with Crippen molar-refractivity contribution in [3.63, 3.8) is 0 Å². The Balaban J connectivity index is 3.22. The van der Waals surface area contributed by atoms with Gasteiger partial charge in [0.2, 0.25) is 0 Å². The Morgan fingerprint density at radius 1 is 2.00 bits per heavy atom. The second kappa shape index (κ2) is 2.78. The molecule has 0 amide bonds. The Bertz CT molecular complexity index is 62.6. The van der Waals surface area contributed by atoms with E-state index in [-0.39, 0.29) is 5.36 Å². The number of ether oxygens (including phenoxy) is 1. The van der Waals surface area contributed by atoms with Crippen LogP contribution >= 0.6 is 11.6 Å². The molecule has 0 saturated carbocycles. The summed E-state index contributed by atoms with van der Waals surface area (Å²) in [7, 11) is 1.31. The summed E-state index contributed by atoms with van der Waals surface area (Å²) >= 11 is 4.93. The third kappa shape index (κ3) is 1.84. The smallest absolute Gasteiger partial charge is 0.321 e. The van der Waals surface area contributed by atoms with Crippen molar-refractivity contribution >= 4 is 17.0 Å². The van der Waals surface area contributed by atoms with Gasteiger partial charge in [0.1, 0.15) is 0 Å². The van der Waals surface area contributed by atoms with Crippen LogP contribution in [0.15, 0.2) is 5.16 Å². The predicted molar refractivity (Wildman–Crippen MR) is 22.1 cm³/mol. The molecule has 0 aromatic rings. The first-order valence-corrected chi connectivity index (χ1v) is 1.60. The average Bonchev–Trinajstić information content (AvgIpc) is 1.65. The molecule has 0 fully saturated rings. The minimum absolute atomic E-state index is 0.255. The minimum atomic E-state index is -0.255. The zero-order valence-electron chi connectivity index (χ0n) is 3.18. The van der Waals surface area contributed by atoms with Gasteiger partial charge in [-0.2, -0.15) is 0 Å². The van der Waals surface area contributed by atoms with Gasteiger partial charge in [-0.05, 0) is 16.8 Å². The Hall–Kier alpha value is -0.440. The number of rotatable bonds is 0. The summed E-state index contributed by atoms with van der Waals surface area (Å²) in [6.07, 6.45) is 0. The van der Waals surface area contributed by atoms with E-state index in [0.29, 0.717) is 0 Å². The number of nitrogens with zero attached hydrogens (tertiary/aromatic N) is 1. The van der Waals surface area contributed by atoms with Gasteiger partial charge in [-0.3, -0.25) is 0 Å². The topological polar surface area (TPSA) is 41.8 Å². The highest BCUT2D eigenvalue weighted by Crippen LogP contribution is 1.80. The molecule has 0 aromatic carbocycles. The lowest BCUT2D eigenvalue weighted by Gasteiger charge is -1.84. The van der Waals surface area contributed by atoms with Gasteiger partial charge in [-0.25, -0.2) is 0 Å². The van der Waals surface area contributed by atoms with E-state index in [2.05, 4.69) is 9.89 Å². The normalized spacial score (nSPS) is 11.3. The number of oxime groups is 1. The standard InChI is InChI=1S/C2H4ClNO2/c1-6-2(3)4-5/h5H,1H3. The fourth-order valence-electron chi connectivity index (χ4n) is 0.0408. The molecular weight excluding hydrogens is 105 g/mol. The molecule has 3 nitrogen and oxygen atoms in total. The Labute approximate surface area is 40.2 Å². The minimum Gasteiger partial charge on any atom is -0.470 e. The third-order valence-corrected chi connectivity index (χ3v) is 0.477. The lowest BCUT2D eigenvalue weighted by Crippen LogP contribution is -1.86. The van der Waals surface area contributed by atoms with E-state index in [1.165, 1.54) is 7.11 Å². The summed E-state index contributed by atoms with van der Waals surface area (Å²) in [5.41, 5.74) is 0. The van der Waals surface area contributed by atoms with Gasteiger partial charge >= 0.3 is 5.36 Å². The van der Waals surface area contributed by atoms with Gasteiger partial charge < -0.3 is 9.94 Å². The highest BCUT2D eigenvalue weighted by atomic mass is 35.5. The fourth-order valence-corrected chi connectivity index (χ4v) is 0.0408. The molecule has 0 rings (SSSR count). The molecule has 4 heteroatoms. The molecule has 0 aromatic heterocycles. The summed E-state index contributed by atoms with van der Waals surface area (Å²) < 4.78 is 4.16. The summed E-state index contributed by atoms with van der Waals surface area (Å²) in [5, 5.41) is 9.88. The van der Waals surface area contributed by atoms with Crippen molar-refractivity contribution in [2.24, 2.45) is 5.16 Å². The first-order valence-electron chi connectivity index (χ1n) is 1.22. The lowest BCUT2D eigenvalue weighted by molar-refractivity contribution is 0.292. The summed E-state index contributed by atoms with van der Waals surface area (Å²) in [6, 6.07) is 0. The SMILES string of the molecule is COC(Cl)=NO. The van der Waals surface area contributed by atoms with E-state index in [4.69, 9.17) is 16.8 Å². The van der Waals surface area contributed by atoms with Crippen LogP contribution in [-0.2, 0) is 4.74 Å². The molecule has 0 atom stereocenters. The molecule has 36 valence electrons. The first kappa shape index (κ1) is 5.56. The first-order chi connectivity index (χ1) is 2.81. The van der Waals surface area contributed by atoms with Gasteiger partial charge in [0.05, 0.1) is 7.11 Å². The monoisotopic (exact) mass is 109 g/mol. The van der Waals surface area contributed by atoms with Crippen LogP contribution in [0.1, 0.15) is 0 Å². The van der Waals surface area contributed by atoms with Crippen molar-refractivity contribution in [2.75, 3.05) is 7.11 Å². The average molecular weight is 110 g/mol. The zero-order valence-corrected chi connectivity index (χ0v) is 3.94. The van der Waals surface area contributed by atoms with Gasteiger partial charge in [0, 0.05) is 0 Å². The van der Waals surface area contributed by atoms with Crippen LogP contribution in [0.5, 0.6) is 0 Å². The molecule has 6 heavy (non-hydrogen) atoms. The highest BCUT2D eigenvalue weighted by Gasteiger charge is 1.81. The van der Waals surface area contributed by atoms with Crippen molar-refractivity contribution in [1.29, 1.82) is 0 Å². The van der Waals surface area contributed by atoms with Crippen molar-refractivity contribution in [3.05, 3.63) is 0 Å². The summed E-state index contributed by atoms with van der Waals surface area (Å²) in [5.74, 6) is 0. The Kier molecular flexibility index (Phi) is 2.58. The maximum absolute atomic E-state index is 7.67. The van der Waals surface area contributed by atoms with E-state index < -0.39 is 0 Å². The van der Waals surface area contributed by atoms with Gasteiger partial charge in [-0.15, -0.1) is 0 Å². The van der Waals surface area contributed by atoms with Crippen LogP contribution < -0.4 is 0 Å². The van der Waals surface area contributed by atoms with E-state index in [0.717, 1.165) is 0 Å². The maximum Gasteiger partial charge on any atom is 0.321 e. The van der Waals surface area contributed by atoms with Crippen molar-refractivity contribution < 1.29 is 9.94 Å². The van der Waals surface area contributed by atoms with Gasteiger partial charge in [0.15, 0.2) is 0 Å². The number of hydrogen-bond donors (Lipinski definition) is 1. The Morgan fingerprint density at radius 2 is 2.50 bits per heavy atom. The molecule has 0 heterocycles. The molecule has 0 saturated heterocycles. The zero-order chi connectivity index (χ0) is 4.99. The molecule has 1 N–H and O–H groups in total. The third-order valence-electron chi connectivity index (χ3n) is 0.247. The van der Waals surface area contributed by atoms with Gasteiger partial charge in [-0.1, -0.05) is 0 Å². The fraction of sp³-hybridized carbons (Fsp3) is 0.500. The van der Waals surface area contributed by atoms with Crippen molar-refractivity contribution in [2.45, 2.75) is 0 Å².